The zero-order valence-corrected chi connectivity index (χ0v) is 16.6. The molecule has 0 heterocycles. The maximum Gasteiger partial charge on any atom is 0.255 e. The highest BCUT2D eigenvalue weighted by molar-refractivity contribution is 7.99. The van der Waals surface area contributed by atoms with E-state index in [-0.39, 0.29) is 11.8 Å². The van der Waals surface area contributed by atoms with E-state index in [1.807, 2.05) is 24.3 Å². The van der Waals surface area contributed by atoms with Gasteiger partial charge in [-0.1, -0.05) is 30.7 Å². The second-order valence-corrected chi connectivity index (χ2v) is 7.32. The topological polar surface area (TPSA) is 73.6 Å². The molecule has 0 saturated carbocycles. The van der Waals surface area contributed by atoms with E-state index in [1.165, 1.54) is 13.2 Å². The van der Waals surface area contributed by atoms with Gasteiger partial charge in [0.05, 0.1) is 30.5 Å². The molecule has 5 nitrogen and oxygen atoms in total. The Morgan fingerprint density at radius 2 is 1.92 bits per heavy atom. The van der Waals surface area contributed by atoms with Crippen LogP contribution in [-0.2, 0) is 0 Å². The van der Waals surface area contributed by atoms with E-state index in [0.717, 1.165) is 16.4 Å². The van der Waals surface area contributed by atoms with Crippen LogP contribution in [0.3, 0.4) is 0 Å². The number of amides is 1. The predicted molar refractivity (Wildman–Crippen MR) is 108 cm³/mol. The van der Waals surface area contributed by atoms with Gasteiger partial charge in [-0.15, -0.1) is 11.8 Å². The molecule has 1 unspecified atom stereocenters. The van der Waals surface area contributed by atoms with E-state index >= 15 is 0 Å². The van der Waals surface area contributed by atoms with E-state index in [2.05, 4.69) is 12.2 Å². The molecule has 1 amide bonds. The number of thioether (sulfide) groups is 1. The van der Waals surface area contributed by atoms with Crippen LogP contribution in [0.15, 0.2) is 41.3 Å². The van der Waals surface area contributed by atoms with E-state index in [4.69, 9.17) is 26.8 Å². The predicted octanol–water partition coefficient (Wildman–Crippen LogP) is 4.10. The highest BCUT2D eigenvalue weighted by atomic mass is 35.5. The summed E-state index contributed by atoms with van der Waals surface area (Å²) in [4.78, 5) is 13.5. The largest absolute Gasteiger partial charge is 0.496 e. The van der Waals surface area contributed by atoms with Crippen molar-refractivity contribution in [2.45, 2.75) is 11.8 Å². The summed E-state index contributed by atoms with van der Waals surface area (Å²) in [6, 6.07) is 11.0. The molecule has 0 radical (unpaired) electrons. The summed E-state index contributed by atoms with van der Waals surface area (Å²) in [6.45, 7) is 2.61. The van der Waals surface area contributed by atoms with Crippen LogP contribution in [0.2, 0.25) is 5.02 Å². The molecule has 0 aliphatic carbocycles. The first kappa shape index (κ1) is 20.3. The molecule has 0 fully saturated rings. The van der Waals surface area contributed by atoms with Crippen molar-refractivity contribution in [3.8, 4) is 11.5 Å². The molecule has 26 heavy (non-hydrogen) atoms. The molecule has 0 aliphatic rings. The zero-order valence-electron chi connectivity index (χ0n) is 15.0. The minimum absolute atomic E-state index is 0.238. The van der Waals surface area contributed by atoms with Gasteiger partial charge in [0, 0.05) is 23.3 Å². The molecular formula is C19H23ClN2O3S. The van der Waals surface area contributed by atoms with Crippen LogP contribution in [0, 0.1) is 5.92 Å². The number of nitrogen functional groups attached to an aromatic ring is 1. The lowest BCUT2D eigenvalue weighted by atomic mass is 10.1. The van der Waals surface area contributed by atoms with E-state index in [9.17, 15) is 4.79 Å². The smallest absolute Gasteiger partial charge is 0.255 e. The molecule has 1 atom stereocenters. The number of ether oxygens (including phenoxy) is 2. The third kappa shape index (κ3) is 5.22. The minimum atomic E-state index is -0.238. The van der Waals surface area contributed by atoms with Gasteiger partial charge in [0.2, 0.25) is 0 Å². The first-order valence-corrected chi connectivity index (χ1v) is 9.49. The minimum Gasteiger partial charge on any atom is -0.496 e. The second kappa shape index (κ2) is 9.59. The van der Waals surface area contributed by atoms with E-state index < -0.39 is 0 Å². The Morgan fingerprint density at radius 3 is 2.62 bits per heavy atom. The van der Waals surface area contributed by atoms with Crippen molar-refractivity contribution in [2.75, 3.05) is 32.3 Å². The SMILES string of the molecule is COc1ccccc1SCC(C)CNC(=O)c1cc(Cl)c(N)cc1OC. The van der Waals surface area contributed by atoms with Crippen LogP contribution in [0.4, 0.5) is 5.69 Å². The average molecular weight is 395 g/mol. The summed E-state index contributed by atoms with van der Waals surface area (Å²) in [7, 11) is 3.15. The number of halogens is 1. The van der Waals surface area contributed by atoms with Gasteiger partial charge in [-0.05, 0) is 24.1 Å². The highest BCUT2D eigenvalue weighted by Gasteiger charge is 2.16. The van der Waals surface area contributed by atoms with Gasteiger partial charge in [0.15, 0.2) is 0 Å². The number of nitrogens with one attached hydrogen (secondary N) is 1. The van der Waals surface area contributed by atoms with Crippen molar-refractivity contribution in [1.82, 2.24) is 5.32 Å². The standard InChI is InChI=1S/C19H23ClN2O3S/c1-12(11-26-18-7-5-4-6-16(18)24-2)10-22-19(23)13-8-14(20)15(21)9-17(13)25-3/h4-9,12H,10-11,21H2,1-3H3,(H,22,23). The Labute approximate surface area is 163 Å². The Morgan fingerprint density at radius 1 is 1.23 bits per heavy atom. The first-order chi connectivity index (χ1) is 12.5. The Hall–Kier alpha value is -2.05. The molecule has 0 aliphatic heterocycles. The highest BCUT2D eigenvalue weighted by Crippen LogP contribution is 2.30. The second-order valence-electron chi connectivity index (χ2n) is 5.85. The number of nitrogens with two attached hydrogens (primary N) is 1. The molecule has 0 bridgehead atoms. The molecule has 2 aromatic carbocycles. The van der Waals surface area contributed by atoms with Crippen molar-refractivity contribution < 1.29 is 14.3 Å². The Bertz CT molecular complexity index is 770. The number of rotatable bonds is 8. The number of hydrogen-bond donors (Lipinski definition) is 2. The summed E-state index contributed by atoms with van der Waals surface area (Å²) in [5, 5.41) is 3.25. The summed E-state index contributed by atoms with van der Waals surface area (Å²) in [5.41, 5.74) is 6.50. The van der Waals surface area contributed by atoms with Gasteiger partial charge < -0.3 is 20.5 Å². The van der Waals surface area contributed by atoms with Crippen molar-refractivity contribution in [2.24, 2.45) is 5.92 Å². The lowest BCUT2D eigenvalue weighted by Gasteiger charge is -2.15. The number of para-hydroxylation sites is 1. The molecule has 0 spiro atoms. The van der Waals surface area contributed by atoms with Gasteiger partial charge in [-0.2, -0.15) is 0 Å². The maximum atomic E-state index is 12.4. The number of anilines is 1. The van der Waals surface area contributed by atoms with Crippen LogP contribution in [0.5, 0.6) is 11.5 Å². The van der Waals surface area contributed by atoms with E-state index in [0.29, 0.717) is 28.6 Å². The quantitative estimate of drug-likeness (QED) is 0.521. The lowest BCUT2D eigenvalue weighted by Crippen LogP contribution is -2.29. The summed E-state index contributed by atoms with van der Waals surface area (Å²) in [6.07, 6.45) is 0. The fourth-order valence-corrected chi connectivity index (χ4v) is 3.52. The van der Waals surface area contributed by atoms with Crippen LogP contribution < -0.4 is 20.5 Å². The molecule has 140 valence electrons. The average Bonchev–Trinajstić information content (AvgIpc) is 2.66. The van der Waals surface area contributed by atoms with Gasteiger partial charge >= 0.3 is 0 Å². The summed E-state index contributed by atoms with van der Waals surface area (Å²) in [5.74, 6) is 2.14. The van der Waals surface area contributed by atoms with Gasteiger partial charge in [0.1, 0.15) is 11.5 Å². The zero-order chi connectivity index (χ0) is 19.1. The molecule has 0 saturated heterocycles. The molecular weight excluding hydrogens is 372 g/mol. The van der Waals surface area contributed by atoms with Crippen LogP contribution in [-0.4, -0.2) is 32.4 Å². The van der Waals surface area contributed by atoms with Crippen molar-refractivity contribution in [3.63, 3.8) is 0 Å². The molecule has 7 heteroatoms. The lowest BCUT2D eigenvalue weighted by molar-refractivity contribution is 0.0946. The summed E-state index contributed by atoms with van der Waals surface area (Å²) < 4.78 is 10.6. The van der Waals surface area contributed by atoms with Crippen molar-refractivity contribution in [1.29, 1.82) is 0 Å². The first-order valence-electron chi connectivity index (χ1n) is 8.13. The number of carbonyl (C=O) groups is 1. The molecule has 0 aromatic heterocycles. The maximum absolute atomic E-state index is 12.4. The number of benzene rings is 2. The molecule has 2 rings (SSSR count). The van der Waals surface area contributed by atoms with Crippen LogP contribution in [0.25, 0.3) is 0 Å². The monoisotopic (exact) mass is 394 g/mol. The third-order valence-electron chi connectivity index (χ3n) is 3.77. The third-order valence-corrected chi connectivity index (χ3v) is 5.48. The normalized spacial score (nSPS) is 11.7. The van der Waals surface area contributed by atoms with Crippen LogP contribution >= 0.6 is 23.4 Å². The Balaban J connectivity index is 1.92. The number of carbonyl (C=O) groups excluding carboxylic acids is 1. The van der Waals surface area contributed by atoms with Gasteiger partial charge in [-0.3, -0.25) is 4.79 Å². The Kier molecular flexibility index (Phi) is 7.48. The number of hydrogen-bond acceptors (Lipinski definition) is 5. The fourth-order valence-electron chi connectivity index (χ4n) is 2.31. The van der Waals surface area contributed by atoms with E-state index in [1.54, 1.807) is 24.9 Å². The fraction of sp³-hybridized carbons (Fsp3) is 0.316. The van der Waals surface area contributed by atoms with Crippen LogP contribution in [0.1, 0.15) is 17.3 Å². The molecule has 3 N–H and O–H groups in total. The summed E-state index contributed by atoms with van der Waals surface area (Å²) >= 11 is 7.72. The van der Waals surface area contributed by atoms with Gasteiger partial charge in [0.25, 0.3) is 5.91 Å². The van der Waals surface area contributed by atoms with Gasteiger partial charge in [-0.25, -0.2) is 0 Å². The van der Waals surface area contributed by atoms with Crippen molar-refractivity contribution >= 4 is 35.0 Å². The van der Waals surface area contributed by atoms with Crippen molar-refractivity contribution in [3.05, 3.63) is 47.0 Å². The number of methoxy groups -OCH3 is 2. The molecule has 2 aromatic rings.